The maximum atomic E-state index is 5.56. The van der Waals surface area contributed by atoms with E-state index in [0.29, 0.717) is 6.10 Å². The van der Waals surface area contributed by atoms with E-state index < -0.39 is 8.07 Å². The van der Waals surface area contributed by atoms with Crippen LogP contribution in [0.1, 0.15) is 51.9 Å². The first-order valence-corrected chi connectivity index (χ1v) is 12.5. The first kappa shape index (κ1) is 17.2. The molecule has 1 heterocycles. The summed E-state index contributed by atoms with van der Waals surface area (Å²) in [5.74, 6) is 2.00. The van der Waals surface area contributed by atoms with E-state index in [2.05, 4.69) is 37.3 Å². The smallest absolute Gasteiger partial charge is 0.0867 e. The van der Waals surface area contributed by atoms with Crippen LogP contribution >= 0.6 is 0 Å². The fourth-order valence-electron chi connectivity index (χ4n) is 5.41. The fourth-order valence-corrected chi connectivity index (χ4v) is 10.7. The molecule has 0 spiro atoms. The zero-order valence-corrected chi connectivity index (χ0v) is 16.1. The quantitative estimate of drug-likeness (QED) is 0.660. The lowest BCUT2D eigenvalue weighted by molar-refractivity contribution is 0.0448. The fraction of sp³-hybridized carbons (Fsp3) is 0.714. The molecule has 1 aromatic rings. The van der Waals surface area contributed by atoms with E-state index in [9.17, 15) is 0 Å². The molecule has 0 amide bonds. The Balaban J connectivity index is 1.62. The van der Waals surface area contributed by atoms with Gasteiger partial charge in [-0.3, -0.25) is 0 Å². The van der Waals surface area contributed by atoms with Crippen molar-refractivity contribution >= 4 is 13.3 Å². The van der Waals surface area contributed by atoms with E-state index in [-0.39, 0.29) is 0 Å². The third-order valence-corrected chi connectivity index (χ3v) is 12.3. The molecule has 23 heavy (non-hydrogen) atoms. The van der Waals surface area contributed by atoms with Gasteiger partial charge >= 0.3 is 0 Å². The summed E-state index contributed by atoms with van der Waals surface area (Å²) >= 11 is 0. The van der Waals surface area contributed by atoms with Gasteiger partial charge in [-0.25, -0.2) is 0 Å². The highest BCUT2D eigenvalue weighted by atomic mass is 28.3. The second-order valence-electron chi connectivity index (χ2n) is 8.01. The van der Waals surface area contributed by atoms with Crippen LogP contribution in [0.2, 0.25) is 18.1 Å². The average Bonchev–Trinajstić information content (AvgIpc) is 2.63. The molecule has 1 nitrogen and oxygen atoms in total. The Labute approximate surface area is 143 Å². The summed E-state index contributed by atoms with van der Waals surface area (Å²) in [6, 6.07) is 16.2. The van der Waals surface area contributed by atoms with Gasteiger partial charge in [0, 0.05) is 7.11 Å². The highest BCUT2D eigenvalue weighted by molar-refractivity contribution is 6.92. The highest BCUT2D eigenvalue weighted by Gasteiger charge is 2.40. The molecule has 3 rings (SSSR count). The predicted octanol–water partition coefficient (Wildman–Crippen LogP) is 5.37. The molecule has 1 saturated carbocycles. The lowest BCUT2D eigenvalue weighted by atomic mass is 9.76. The van der Waals surface area contributed by atoms with Crippen molar-refractivity contribution in [2.45, 2.75) is 76.1 Å². The van der Waals surface area contributed by atoms with Gasteiger partial charge in [-0.05, 0) is 37.5 Å². The Morgan fingerprint density at radius 3 is 2.09 bits per heavy atom. The Morgan fingerprint density at radius 2 is 1.52 bits per heavy atom. The van der Waals surface area contributed by atoms with Gasteiger partial charge in [-0.15, -0.1) is 0 Å². The molecule has 0 atom stereocenters. The van der Waals surface area contributed by atoms with E-state index in [1.165, 1.54) is 51.0 Å². The highest BCUT2D eigenvalue weighted by Crippen LogP contribution is 2.43. The molecule has 0 unspecified atom stereocenters. The third kappa shape index (κ3) is 3.91. The predicted molar refractivity (Wildman–Crippen MR) is 102 cm³/mol. The standard InChI is InChI=1S/C21H34OSi/c1-3-15-23(21-7-5-4-6-8-21)16-13-19(14-17-23)18-9-11-20(22-2)12-10-18/h4-8,18-20H,3,9-17H2,1-2H3/t18?,19-,20?,23-. The number of hydrogen-bond acceptors (Lipinski definition) is 1. The second kappa shape index (κ2) is 7.98. The zero-order chi connectivity index (χ0) is 16.1. The molecule has 0 N–H and O–H groups in total. The summed E-state index contributed by atoms with van der Waals surface area (Å²) in [5.41, 5.74) is 0. The summed E-state index contributed by atoms with van der Waals surface area (Å²) in [6.45, 7) is 2.38. The Bertz CT molecular complexity index is 456. The largest absolute Gasteiger partial charge is 0.381 e. The first-order chi connectivity index (χ1) is 11.3. The maximum Gasteiger partial charge on any atom is 0.0867 e. The topological polar surface area (TPSA) is 9.23 Å². The van der Waals surface area contributed by atoms with Crippen LogP contribution in [0.15, 0.2) is 30.3 Å². The molecule has 1 aliphatic heterocycles. The van der Waals surface area contributed by atoms with Crippen molar-refractivity contribution in [2.75, 3.05) is 7.11 Å². The van der Waals surface area contributed by atoms with Crippen LogP contribution in [0.3, 0.4) is 0 Å². The Kier molecular flexibility index (Phi) is 5.98. The van der Waals surface area contributed by atoms with Crippen LogP contribution in [0.4, 0.5) is 0 Å². The molecule has 2 fully saturated rings. The summed E-state index contributed by atoms with van der Waals surface area (Å²) in [6.07, 6.45) is 10.3. The van der Waals surface area contributed by atoms with Crippen molar-refractivity contribution in [1.82, 2.24) is 0 Å². The molecule has 128 valence electrons. The van der Waals surface area contributed by atoms with Gasteiger partial charge in [0.05, 0.1) is 14.2 Å². The Morgan fingerprint density at radius 1 is 0.913 bits per heavy atom. The van der Waals surface area contributed by atoms with Crippen molar-refractivity contribution in [1.29, 1.82) is 0 Å². The van der Waals surface area contributed by atoms with Crippen molar-refractivity contribution < 1.29 is 4.74 Å². The van der Waals surface area contributed by atoms with E-state index in [4.69, 9.17) is 4.74 Å². The number of ether oxygens (including phenoxy) is 1. The molecule has 0 aromatic heterocycles. The normalized spacial score (nSPS) is 35.1. The van der Waals surface area contributed by atoms with Crippen LogP contribution in [0, 0.1) is 11.8 Å². The monoisotopic (exact) mass is 330 g/mol. The average molecular weight is 331 g/mol. The molecule has 2 heteroatoms. The Hall–Kier alpha value is -0.603. The molecule has 1 saturated heterocycles. The van der Waals surface area contributed by atoms with Gasteiger partial charge in [0.2, 0.25) is 0 Å². The lowest BCUT2D eigenvalue weighted by Gasteiger charge is -2.43. The van der Waals surface area contributed by atoms with Gasteiger partial charge in [0.1, 0.15) is 0 Å². The van der Waals surface area contributed by atoms with Gasteiger partial charge in [0.15, 0.2) is 0 Å². The van der Waals surface area contributed by atoms with Gasteiger partial charge in [-0.2, -0.15) is 0 Å². The zero-order valence-electron chi connectivity index (χ0n) is 15.1. The summed E-state index contributed by atoms with van der Waals surface area (Å²) in [7, 11) is 0.676. The SMILES string of the molecule is CCC[Si@]1(c2ccccc2)CC[C@H](C2CCC(OC)CC2)CC1. The van der Waals surface area contributed by atoms with Crippen molar-refractivity contribution in [3.05, 3.63) is 30.3 Å². The minimum Gasteiger partial charge on any atom is -0.381 e. The van der Waals surface area contributed by atoms with E-state index in [1.54, 1.807) is 17.3 Å². The maximum absolute atomic E-state index is 5.56. The summed E-state index contributed by atoms with van der Waals surface area (Å²) in [4.78, 5) is 0. The molecule has 2 aliphatic rings. The third-order valence-electron chi connectivity index (χ3n) is 6.82. The van der Waals surface area contributed by atoms with Crippen LogP contribution in [-0.4, -0.2) is 21.3 Å². The molecule has 1 aromatic carbocycles. The molecular weight excluding hydrogens is 296 g/mol. The number of hydrogen-bond donors (Lipinski definition) is 0. The number of methoxy groups -OCH3 is 1. The molecule has 0 bridgehead atoms. The first-order valence-electron chi connectivity index (χ1n) is 9.86. The molecule has 0 radical (unpaired) electrons. The summed E-state index contributed by atoms with van der Waals surface area (Å²) < 4.78 is 5.56. The minimum atomic E-state index is -1.21. The van der Waals surface area contributed by atoms with Crippen LogP contribution in [0.5, 0.6) is 0 Å². The van der Waals surface area contributed by atoms with Crippen molar-refractivity contribution in [3.8, 4) is 0 Å². The van der Waals surface area contributed by atoms with Crippen LogP contribution in [0.25, 0.3) is 0 Å². The number of rotatable bonds is 5. The van der Waals surface area contributed by atoms with Crippen LogP contribution in [-0.2, 0) is 4.74 Å². The van der Waals surface area contributed by atoms with Crippen molar-refractivity contribution in [3.63, 3.8) is 0 Å². The second-order valence-corrected chi connectivity index (χ2v) is 12.6. The molecule has 1 aliphatic carbocycles. The lowest BCUT2D eigenvalue weighted by Crippen LogP contribution is -2.50. The van der Waals surface area contributed by atoms with E-state index >= 15 is 0 Å². The van der Waals surface area contributed by atoms with E-state index in [1.807, 2.05) is 7.11 Å². The summed E-state index contributed by atoms with van der Waals surface area (Å²) in [5, 5.41) is 1.74. The van der Waals surface area contributed by atoms with Crippen molar-refractivity contribution in [2.24, 2.45) is 11.8 Å². The minimum absolute atomic E-state index is 0.549. The molecular formula is C21H34OSi. The number of benzene rings is 1. The van der Waals surface area contributed by atoms with E-state index in [0.717, 1.165) is 11.8 Å². The van der Waals surface area contributed by atoms with Gasteiger partial charge < -0.3 is 4.74 Å². The van der Waals surface area contributed by atoms with Gasteiger partial charge in [-0.1, -0.05) is 79.8 Å². The van der Waals surface area contributed by atoms with Gasteiger partial charge in [0.25, 0.3) is 0 Å². The van der Waals surface area contributed by atoms with Crippen LogP contribution < -0.4 is 5.19 Å².